The number of halogens is 3. The van der Waals surface area contributed by atoms with Crippen LogP contribution in [-0.4, -0.2) is 20.2 Å². The molecule has 3 nitrogen and oxygen atoms in total. The van der Waals surface area contributed by atoms with E-state index in [1.165, 1.54) is 0 Å². The maximum atomic E-state index is 12.1. The largest absolute Gasteiger partial charge is 0.445 e. The minimum atomic E-state index is -4.50. The van der Waals surface area contributed by atoms with E-state index in [0.717, 1.165) is 0 Å². The van der Waals surface area contributed by atoms with E-state index in [9.17, 15) is 17.4 Å². The summed E-state index contributed by atoms with van der Waals surface area (Å²) in [5, 5.41) is 5.20. The van der Waals surface area contributed by atoms with E-state index < -0.39 is 22.0 Å². The molecule has 1 heterocycles. The molecule has 0 spiro atoms. The van der Waals surface area contributed by atoms with Crippen LogP contribution >= 0.6 is 11.3 Å². The van der Waals surface area contributed by atoms with E-state index in [-0.39, 0.29) is 10.3 Å². The molecule has 0 bridgehead atoms. The van der Waals surface area contributed by atoms with Crippen molar-refractivity contribution in [2.24, 2.45) is 5.92 Å². The van der Waals surface area contributed by atoms with Gasteiger partial charge in [0.15, 0.2) is 0 Å². The number of rotatable bonds is 3. The van der Waals surface area contributed by atoms with Gasteiger partial charge in [-0.3, -0.25) is 4.21 Å². The second-order valence-corrected chi connectivity index (χ2v) is 5.92. The molecule has 0 saturated carbocycles. The lowest BCUT2D eigenvalue weighted by Gasteiger charge is -2.00. The fourth-order valence-corrected chi connectivity index (χ4v) is 2.93. The summed E-state index contributed by atoms with van der Waals surface area (Å²) in [6.45, 7) is 3.67. The van der Waals surface area contributed by atoms with Gasteiger partial charge in [0.2, 0.25) is 9.35 Å². The fourth-order valence-electron chi connectivity index (χ4n) is 0.790. The van der Waals surface area contributed by atoms with Gasteiger partial charge in [-0.25, -0.2) is 0 Å². The van der Waals surface area contributed by atoms with Gasteiger partial charge in [-0.15, -0.1) is 10.2 Å². The van der Waals surface area contributed by atoms with E-state index in [0.29, 0.717) is 17.1 Å². The molecule has 0 aliphatic heterocycles. The molecule has 1 atom stereocenters. The first-order chi connectivity index (χ1) is 6.80. The molecule has 0 saturated heterocycles. The van der Waals surface area contributed by atoms with Crippen molar-refractivity contribution in [3.63, 3.8) is 0 Å². The average Bonchev–Trinajstić information content (AvgIpc) is 2.48. The summed E-state index contributed by atoms with van der Waals surface area (Å²) >= 11 is 0.343. The van der Waals surface area contributed by atoms with Crippen LogP contribution in [0.25, 0.3) is 0 Å². The summed E-state index contributed by atoms with van der Waals surface area (Å²) in [5.41, 5.74) is 0. The van der Waals surface area contributed by atoms with Crippen LogP contribution in [0.3, 0.4) is 0 Å². The SMILES string of the molecule is CC(C)CS(=O)c1nnc(C(F)(F)F)s1. The van der Waals surface area contributed by atoms with Crippen molar-refractivity contribution in [3.05, 3.63) is 5.01 Å². The highest BCUT2D eigenvalue weighted by Gasteiger charge is 2.36. The second-order valence-electron chi connectivity index (χ2n) is 3.28. The van der Waals surface area contributed by atoms with Crippen molar-refractivity contribution in [2.45, 2.75) is 24.4 Å². The molecule has 0 aromatic carbocycles. The molecule has 1 aromatic heterocycles. The summed E-state index contributed by atoms with van der Waals surface area (Å²) in [7, 11) is -1.48. The third-order valence-corrected chi connectivity index (χ3v) is 4.34. The van der Waals surface area contributed by atoms with Crippen molar-refractivity contribution >= 4 is 22.1 Å². The lowest BCUT2D eigenvalue weighted by Crippen LogP contribution is -2.04. The van der Waals surface area contributed by atoms with Gasteiger partial charge in [-0.2, -0.15) is 13.2 Å². The Kier molecular flexibility index (Phi) is 3.82. The zero-order chi connectivity index (χ0) is 11.6. The van der Waals surface area contributed by atoms with Gasteiger partial charge >= 0.3 is 6.18 Å². The number of aromatic nitrogens is 2. The fraction of sp³-hybridized carbons (Fsp3) is 0.714. The van der Waals surface area contributed by atoms with Gasteiger partial charge < -0.3 is 0 Å². The first-order valence-corrected chi connectivity index (χ1v) is 6.23. The highest BCUT2D eigenvalue weighted by Crippen LogP contribution is 2.32. The van der Waals surface area contributed by atoms with Gasteiger partial charge in [-0.05, 0) is 5.92 Å². The van der Waals surface area contributed by atoms with E-state index in [4.69, 9.17) is 0 Å². The summed E-state index contributed by atoms with van der Waals surface area (Å²) in [6.07, 6.45) is -4.50. The zero-order valence-corrected chi connectivity index (χ0v) is 9.67. The van der Waals surface area contributed by atoms with E-state index in [1.807, 2.05) is 13.8 Å². The third-order valence-electron chi connectivity index (χ3n) is 1.33. The quantitative estimate of drug-likeness (QED) is 0.835. The Labute approximate surface area is 91.2 Å². The first-order valence-electron chi connectivity index (χ1n) is 4.09. The van der Waals surface area contributed by atoms with E-state index >= 15 is 0 Å². The van der Waals surface area contributed by atoms with Crippen LogP contribution in [-0.2, 0) is 17.0 Å². The molecule has 0 fully saturated rings. The molecule has 1 unspecified atom stereocenters. The van der Waals surface area contributed by atoms with Gasteiger partial charge in [0, 0.05) is 5.75 Å². The first kappa shape index (κ1) is 12.6. The van der Waals surface area contributed by atoms with Crippen LogP contribution in [0.5, 0.6) is 0 Å². The van der Waals surface area contributed by atoms with Gasteiger partial charge in [0.25, 0.3) is 0 Å². The Bertz CT molecular complexity index is 361. The summed E-state index contributed by atoms with van der Waals surface area (Å²) in [5.74, 6) is 0.441. The Morgan fingerprint density at radius 3 is 2.40 bits per heavy atom. The number of hydrogen-bond donors (Lipinski definition) is 0. The highest BCUT2D eigenvalue weighted by atomic mass is 32.2. The lowest BCUT2D eigenvalue weighted by atomic mass is 10.3. The van der Waals surface area contributed by atoms with E-state index in [1.54, 1.807) is 0 Å². The maximum Gasteiger partial charge on any atom is 0.445 e. The van der Waals surface area contributed by atoms with E-state index in [2.05, 4.69) is 10.2 Å². The van der Waals surface area contributed by atoms with Crippen LogP contribution in [0.2, 0.25) is 0 Å². The normalized spacial score (nSPS) is 14.5. The Morgan fingerprint density at radius 1 is 1.40 bits per heavy atom. The number of hydrogen-bond acceptors (Lipinski definition) is 4. The molecule has 0 aliphatic rings. The van der Waals surface area contributed by atoms with Crippen LogP contribution in [0.1, 0.15) is 18.9 Å². The molecular formula is C7H9F3N2OS2. The molecule has 8 heteroatoms. The summed E-state index contributed by atoms with van der Waals surface area (Å²) < 4.78 is 47.8. The topological polar surface area (TPSA) is 42.9 Å². The smallest absolute Gasteiger partial charge is 0.252 e. The second kappa shape index (κ2) is 4.56. The van der Waals surface area contributed by atoms with Gasteiger partial charge in [0.05, 0.1) is 10.8 Å². The maximum absolute atomic E-state index is 12.1. The molecule has 0 amide bonds. The molecular weight excluding hydrogens is 249 g/mol. The van der Waals surface area contributed by atoms with Crippen LogP contribution < -0.4 is 0 Å². The summed E-state index contributed by atoms with van der Waals surface area (Å²) in [6, 6.07) is 0. The molecule has 86 valence electrons. The summed E-state index contributed by atoms with van der Waals surface area (Å²) in [4.78, 5) is 0. The van der Waals surface area contributed by atoms with Gasteiger partial charge in [-0.1, -0.05) is 25.2 Å². The standard InChI is InChI=1S/C7H9F3N2OS2/c1-4(2)3-15(13)6-12-11-5(14-6)7(8,9)10/h4H,3H2,1-2H3. The number of alkyl halides is 3. The zero-order valence-electron chi connectivity index (χ0n) is 8.04. The number of nitrogens with zero attached hydrogens (tertiary/aromatic N) is 2. The van der Waals surface area contributed by atoms with Crippen LogP contribution in [0.15, 0.2) is 4.34 Å². The molecule has 15 heavy (non-hydrogen) atoms. The Hall–Kier alpha value is -0.500. The average molecular weight is 258 g/mol. The highest BCUT2D eigenvalue weighted by molar-refractivity contribution is 7.87. The molecule has 1 rings (SSSR count). The minimum absolute atomic E-state index is 0.0592. The van der Waals surface area contributed by atoms with Crippen molar-refractivity contribution in [1.29, 1.82) is 0 Å². The molecule has 0 radical (unpaired) electrons. The molecule has 1 aromatic rings. The Morgan fingerprint density at radius 2 is 2.00 bits per heavy atom. The van der Waals surface area contributed by atoms with Crippen molar-refractivity contribution in [1.82, 2.24) is 10.2 Å². The monoisotopic (exact) mass is 258 g/mol. The minimum Gasteiger partial charge on any atom is -0.252 e. The molecule has 0 aliphatic carbocycles. The van der Waals surface area contributed by atoms with Crippen LogP contribution in [0, 0.1) is 5.92 Å². The van der Waals surface area contributed by atoms with Gasteiger partial charge in [0.1, 0.15) is 0 Å². The van der Waals surface area contributed by atoms with Crippen molar-refractivity contribution in [3.8, 4) is 0 Å². The third kappa shape index (κ3) is 3.53. The predicted molar refractivity (Wildman–Crippen MR) is 51.0 cm³/mol. The lowest BCUT2D eigenvalue weighted by molar-refractivity contribution is -0.138. The predicted octanol–water partition coefficient (Wildman–Crippen LogP) is 2.32. The van der Waals surface area contributed by atoms with Crippen molar-refractivity contribution in [2.75, 3.05) is 5.75 Å². The van der Waals surface area contributed by atoms with Crippen molar-refractivity contribution < 1.29 is 17.4 Å². The Balaban J connectivity index is 2.81. The van der Waals surface area contributed by atoms with Crippen LogP contribution in [0.4, 0.5) is 13.2 Å². The molecule has 0 N–H and O–H groups in total.